The van der Waals surface area contributed by atoms with Crippen LogP contribution in [0.1, 0.15) is 11.3 Å². The Kier molecular flexibility index (Phi) is 4.38. The molecule has 0 aliphatic heterocycles. The molecule has 5 heteroatoms. The SMILES string of the molecule is O=c1cc(CSc2ccc(CS)cc2)[nH]cc1O. The van der Waals surface area contributed by atoms with E-state index in [4.69, 9.17) is 5.11 Å². The third-order valence-corrected chi connectivity index (χ3v) is 3.88. The van der Waals surface area contributed by atoms with E-state index in [9.17, 15) is 4.79 Å². The monoisotopic (exact) mass is 279 g/mol. The first-order valence-electron chi connectivity index (χ1n) is 5.42. The number of pyridine rings is 1. The van der Waals surface area contributed by atoms with E-state index in [0.717, 1.165) is 16.3 Å². The highest BCUT2D eigenvalue weighted by molar-refractivity contribution is 7.98. The maximum Gasteiger partial charge on any atom is 0.223 e. The Hall–Kier alpha value is -1.33. The second-order valence-electron chi connectivity index (χ2n) is 3.80. The lowest BCUT2D eigenvalue weighted by Gasteiger charge is -2.03. The van der Waals surface area contributed by atoms with Crippen LogP contribution < -0.4 is 5.43 Å². The van der Waals surface area contributed by atoms with Crippen molar-refractivity contribution in [2.75, 3.05) is 0 Å². The van der Waals surface area contributed by atoms with Crippen LogP contribution >= 0.6 is 24.4 Å². The van der Waals surface area contributed by atoms with Crippen molar-refractivity contribution in [1.29, 1.82) is 0 Å². The first kappa shape index (κ1) is 13.1. The molecule has 0 aliphatic rings. The van der Waals surface area contributed by atoms with E-state index in [-0.39, 0.29) is 11.2 Å². The van der Waals surface area contributed by atoms with E-state index >= 15 is 0 Å². The molecule has 0 spiro atoms. The van der Waals surface area contributed by atoms with Gasteiger partial charge >= 0.3 is 0 Å². The van der Waals surface area contributed by atoms with Gasteiger partial charge in [-0.1, -0.05) is 12.1 Å². The molecule has 1 aromatic heterocycles. The van der Waals surface area contributed by atoms with Crippen LogP contribution in [0.2, 0.25) is 0 Å². The summed E-state index contributed by atoms with van der Waals surface area (Å²) in [4.78, 5) is 15.3. The van der Waals surface area contributed by atoms with Crippen molar-refractivity contribution in [3.8, 4) is 5.75 Å². The highest BCUT2D eigenvalue weighted by Crippen LogP contribution is 2.22. The molecule has 18 heavy (non-hydrogen) atoms. The lowest BCUT2D eigenvalue weighted by molar-refractivity contribution is 0.467. The number of aromatic amines is 1. The average Bonchev–Trinajstić information content (AvgIpc) is 2.41. The molecule has 2 rings (SSSR count). The fraction of sp³-hybridized carbons (Fsp3) is 0.154. The third-order valence-electron chi connectivity index (χ3n) is 2.45. The standard InChI is InChI=1S/C13H13NO2S2/c15-12-5-10(14-6-13(12)16)8-18-11-3-1-9(7-17)2-4-11/h1-6,16-17H,7-8H2,(H,14,15). The number of aromatic nitrogens is 1. The average molecular weight is 279 g/mol. The Morgan fingerprint density at radius 1 is 1.28 bits per heavy atom. The van der Waals surface area contributed by atoms with Crippen LogP contribution in [-0.4, -0.2) is 10.1 Å². The van der Waals surface area contributed by atoms with E-state index in [2.05, 4.69) is 17.6 Å². The number of rotatable bonds is 4. The zero-order valence-electron chi connectivity index (χ0n) is 9.59. The molecule has 0 fully saturated rings. The molecule has 0 amide bonds. The van der Waals surface area contributed by atoms with Gasteiger partial charge in [-0.3, -0.25) is 4.79 Å². The minimum Gasteiger partial charge on any atom is -0.503 e. The van der Waals surface area contributed by atoms with E-state index in [0.29, 0.717) is 5.75 Å². The molecule has 0 saturated heterocycles. The number of thiol groups is 1. The van der Waals surface area contributed by atoms with Crippen LogP contribution in [0.15, 0.2) is 46.2 Å². The first-order chi connectivity index (χ1) is 8.69. The summed E-state index contributed by atoms with van der Waals surface area (Å²) >= 11 is 5.83. The van der Waals surface area contributed by atoms with Gasteiger partial charge < -0.3 is 10.1 Å². The van der Waals surface area contributed by atoms with Crippen LogP contribution in [0.25, 0.3) is 0 Å². The van der Waals surface area contributed by atoms with Gasteiger partial charge in [0.1, 0.15) is 0 Å². The fourth-order valence-corrected chi connectivity index (χ4v) is 2.47. The molecule has 94 valence electrons. The van der Waals surface area contributed by atoms with Crippen molar-refractivity contribution in [2.45, 2.75) is 16.4 Å². The van der Waals surface area contributed by atoms with Crippen molar-refractivity contribution < 1.29 is 5.11 Å². The summed E-state index contributed by atoms with van der Waals surface area (Å²) in [7, 11) is 0. The van der Waals surface area contributed by atoms with E-state index in [1.54, 1.807) is 11.8 Å². The van der Waals surface area contributed by atoms with Crippen LogP contribution in [0, 0.1) is 0 Å². The van der Waals surface area contributed by atoms with E-state index < -0.39 is 0 Å². The maximum absolute atomic E-state index is 11.2. The lowest BCUT2D eigenvalue weighted by Crippen LogP contribution is -2.01. The Bertz CT molecular complexity index is 578. The fourth-order valence-electron chi connectivity index (χ4n) is 1.44. The zero-order valence-corrected chi connectivity index (χ0v) is 11.3. The van der Waals surface area contributed by atoms with Crippen molar-refractivity contribution in [3.05, 3.63) is 58.0 Å². The molecule has 3 nitrogen and oxygen atoms in total. The molecule has 0 unspecified atom stereocenters. The van der Waals surface area contributed by atoms with Crippen molar-refractivity contribution in [3.63, 3.8) is 0 Å². The molecular weight excluding hydrogens is 266 g/mol. The number of thioether (sulfide) groups is 1. The summed E-state index contributed by atoms with van der Waals surface area (Å²) in [5.74, 6) is 1.15. The number of nitrogens with one attached hydrogen (secondary N) is 1. The van der Waals surface area contributed by atoms with E-state index in [1.165, 1.54) is 17.8 Å². The van der Waals surface area contributed by atoms with Gasteiger partial charge in [0.05, 0.1) is 0 Å². The Labute approximate surface area is 115 Å². The van der Waals surface area contributed by atoms with Gasteiger partial charge in [0.25, 0.3) is 0 Å². The smallest absolute Gasteiger partial charge is 0.223 e. The maximum atomic E-state index is 11.2. The molecule has 1 aromatic carbocycles. The van der Waals surface area contributed by atoms with Crippen LogP contribution in [0.3, 0.4) is 0 Å². The summed E-state index contributed by atoms with van der Waals surface area (Å²) in [5, 5.41) is 9.13. The molecule has 0 radical (unpaired) electrons. The van der Waals surface area contributed by atoms with Gasteiger partial charge in [0.15, 0.2) is 5.75 Å². The summed E-state index contributed by atoms with van der Waals surface area (Å²) in [5.41, 5.74) is 1.62. The molecule has 1 heterocycles. The van der Waals surface area contributed by atoms with E-state index in [1.807, 2.05) is 24.3 Å². The predicted molar refractivity (Wildman–Crippen MR) is 77.4 cm³/mol. The number of hydrogen-bond donors (Lipinski definition) is 3. The second kappa shape index (κ2) is 6.02. The largest absolute Gasteiger partial charge is 0.503 e. The topological polar surface area (TPSA) is 53.1 Å². The summed E-state index contributed by atoms with van der Waals surface area (Å²) in [6.07, 6.45) is 1.32. The van der Waals surface area contributed by atoms with Crippen LogP contribution in [-0.2, 0) is 11.5 Å². The highest BCUT2D eigenvalue weighted by Gasteiger charge is 2.00. The molecule has 0 aliphatic carbocycles. The number of aromatic hydroxyl groups is 1. The predicted octanol–water partition coefficient (Wildman–Crippen LogP) is 2.80. The Morgan fingerprint density at radius 2 is 2.00 bits per heavy atom. The molecular formula is C13H13NO2S2. The van der Waals surface area contributed by atoms with Crippen LogP contribution in [0.4, 0.5) is 0 Å². The summed E-state index contributed by atoms with van der Waals surface area (Å²) in [6.45, 7) is 0. The zero-order chi connectivity index (χ0) is 13.0. The van der Waals surface area contributed by atoms with Gasteiger partial charge in [-0.15, -0.1) is 11.8 Å². The minimum atomic E-state index is -0.352. The van der Waals surface area contributed by atoms with Crippen molar-refractivity contribution in [1.82, 2.24) is 4.98 Å². The summed E-state index contributed by atoms with van der Waals surface area (Å²) in [6, 6.07) is 9.57. The van der Waals surface area contributed by atoms with Gasteiger partial charge in [0.2, 0.25) is 5.43 Å². The van der Waals surface area contributed by atoms with Gasteiger partial charge in [-0.25, -0.2) is 0 Å². The number of H-pyrrole nitrogens is 1. The summed E-state index contributed by atoms with van der Waals surface area (Å²) < 4.78 is 0. The molecule has 0 saturated carbocycles. The number of benzene rings is 1. The Balaban J connectivity index is 2.02. The molecule has 2 aromatic rings. The quantitative estimate of drug-likeness (QED) is 0.596. The third kappa shape index (κ3) is 3.34. The highest BCUT2D eigenvalue weighted by atomic mass is 32.2. The normalized spacial score (nSPS) is 10.5. The lowest BCUT2D eigenvalue weighted by atomic mass is 10.2. The van der Waals surface area contributed by atoms with Crippen LogP contribution in [0.5, 0.6) is 5.75 Å². The minimum absolute atomic E-state index is 0.248. The molecule has 2 N–H and O–H groups in total. The van der Waals surface area contributed by atoms with Crippen molar-refractivity contribution in [2.24, 2.45) is 0 Å². The van der Waals surface area contributed by atoms with Crippen molar-refractivity contribution >= 4 is 24.4 Å². The van der Waals surface area contributed by atoms with Gasteiger partial charge in [-0.2, -0.15) is 12.6 Å². The molecule has 0 bridgehead atoms. The van der Waals surface area contributed by atoms with Gasteiger partial charge in [0, 0.05) is 34.4 Å². The second-order valence-corrected chi connectivity index (χ2v) is 5.16. The van der Waals surface area contributed by atoms with Gasteiger partial charge in [-0.05, 0) is 17.7 Å². The first-order valence-corrected chi connectivity index (χ1v) is 7.04. The number of hydrogen-bond acceptors (Lipinski definition) is 4. The Morgan fingerprint density at radius 3 is 2.61 bits per heavy atom. The molecule has 0 atom stereocenters.